The first kappa shape index (κ1) is 20.6. The van der Waals surface area contributed by atoms with Crippen LogP contribution in [0.3, 0.4) is 0 Å². The van der Waals surface area contributed by atoms with Gasteiger partial charge in [-0.1, -0.05) is 12.1 Å². The lowest BCUT2D eigenvalue weighted by Crippen LogP contribution is -2.16. The Bertz CT molecular complexity index is 1270. The minimum atomic E-state index is -4.37. The monoisotopic (exact) mass is 428 g/mol. The molecule has 31 heavy (non-hydrogen) atoms. The van der Waals surface area contributed by atoms with Crippen LogP contribution in [0.2, 0.25) is 0 Å². The number of aromatic nitrogens is 5. The normalized spacial score (nSPS) is 11.8. The zero-order chi connectivity index (χ0) is 22.3. The smallest absolute Gasteiger partial charge is 0.324 e. The van der Waals surface area contributed by atoms with Crippen LogP contribution in [0, 0.1) is 20.8 Å². The summed E-state index contributed by atoms with van der Waals surface area (Å²) in [6.45, 7) is 5.72. The van der Waals surface area contributed by atoms with E-state index in [0.717, 1.165) is 17.8 Å². The van der Waals surface area contributed by atoms with Crippen molar-refractivity contribution in [1.29, 1.82) is 0 Å². The number of aryl methyl sites for hydroxylation is 3. The van der Waals surface area contributed by atoms with E-state index in [4.69, 9.17) is 0 Å². The maximum absolute atomic E-state index is 12.8. The van der Waals surface area contributed by atoms with Crippen LogP contribution in [0.15, 0.2) is 36.5 Å². The van der Waals surface area contributed by atoms with Crippen LogP contribution >= 0.6 is 0 Å². The second-order valence-electron chi connectivity index (χ2n) is 7.32. The fourth-order valence-electron chi connectivity index (χ4n) is 3.30. The number of benzene rings is 1. The molecule has 1 aromatic carbocycles. The van der Waals surface area contributed by atoms with Crippen LogP contribution in [0.25, 0.3) is 11.2 Å². The first-order chi connectivity index (χ1) is 14.6. The molecule has 2 N–H and O–H groups in total. The second-order valence-corrected chi connectivity index (χ2v) is 7.32. The lowest BCUT2D eigenvalue weighted by molar-refractivity contribution is -0.137. The molecule has 0 saturated carbocycles. The Morgan fingerprint density at radius 3 is 2.45 bits per heavy atom. The second kappa shape index (κ2) is 7.53. The van der Waals surface area contributed by atoms with Crippen molar-refractivity contribution < 1.29 is 18.0 Å². The molecule has 3 heterocycles. The summed E-state index contributed by atoms with van der Waals surface area (Å²) < 4.78 is 40.3. The average molecular weight is 428 g/mol. The molecule has 0 unspecified atom stereocenters. The van der Waals surface area contributed by atoms with Crippen LogP contribution in [0.1, 0.15) is 38.6 Å². The van der Waals surface area contributed by atoms with Crippen LogP contribution < -0.4 is 5.32 Å². The van der Waals surface area contributed by atoms with Gasteiger partial charge in [0.05, 0.1) is 17.5 Å². The largest absolute Gasteiger partial charge is 0.416 e. The molecule has 0 spiro atoms. The maximum atomic E-state index is 12.8. The molecular weight excluding hydrogens is 409 g/mol. The van der Waals surface area contributed by atoms with Gasteiger partial charge >= 0.3 is 6.18 Å². The van der Waals surface area contributed by atoms with Gasteiger partial charge < -0.3 is 9.88 Å². The first-order valence-corrected chi connectivity index (χ1v) is 9.45. The third kappa shape index (κ3) is 4.00. The van der Waals surface area contributed by atoms with Crippen LogP contribution in [-0.4, -0.2) is 30.6 Å². The molecule has 0 saturated heterocycles. The van der Waals surface area contributed by atoms with E-state index in [0.29, 0.717) is 46.0 Å². The van der Waals surface area contributed by atoms with E-state index in [9.17, 15) is 18.0 Å². The highest BCUT2D eigenvalue weighted by molar-refractivity contribution is 6.03. The van der Waals surface area contributed by atoms with Gasteiger partial charge in [-0.15, -0.1) is 0 Å². The van der Waals surface area contributed by atoms with Gasteiger partial charge in [-0.05, 0) is 50.1 Å². The molecule has 0 bridgehead atoms. The Morgan fingerprint density at radius 2 is 1.84 bits per heavy atom. The Hall–Kier alpha value is -3.69. The van der Waals surface area contributed by atoms with Crippen molar-refractivity contribution in [2.75, 3.05) is 5.32 Å². The van der Waals surface area contributed by atoms with E-state index in [1.807, 2.05) is 17.6 Å². The predicted octanol–water partition coefficient (Wildman–Crippen LogP) is 4.40. The standard InChI is InChI=1S/C21H19F3N6O/c1-11-9-25-29-17(11)20(31)28-18-13(3)26-19-16(27-18)8-12(2)30(19)10-14-4-6-15(7-5-14)21(22,23)24/h4-9H,10H2,1-3H3,(H,25,29)(H,27,28,31). The van der Waals surface area contributed by atoms with Crippen molar-refractivity contribution in [3.8, 4) is 0 Å². The Balaban J connectivity index is 1.63. The van der Waals surface area contributed by atoms with Gasteiger partial charge in [0.15, 0.2) is 11.5 Å². The lowest BCUT2D eigenvalue weighted by Gasteiger charge is -2.11. The fourth-order valence-corrected chi connectivity index (χ4v) is 3.30. The Kier molecular flexibility index (Phi) is 5.00. The highest BCUT2D eigenvalue weighted by atomic mass is 19.4. The van der Waals surface area contributed by atoms with E-state index in [-0.39, 0.29) is 5.91 Å². The van der Waals surface area contributed by atoms with Crippen molar-refractivity contribution in [2.45, 2.75) is 33.5 Å². The highest BCUT2D eigenvalue weighted by Gasteiger charge is 2.30. The summed E-state index contributed by atoms with van der Waals surface area (Å²) in [6.07, 6.45) is -2.81. The quantitative estimate of drug-likeness (QED) is 0.504. The number of carbonyl (C=O) groups excluding carboxylic acids is 1. The van der Waals surface area contributed by atoms with E-state index in [1.54, 1.807) is 20.0 Å². The number of aromatic amines is 1. The summed E-state index contributed by atoms with van der Waals surface area (Å²) in [5.41, 5.74) is 3.61. The summed E-state index contributed by atoms with van der Waals surface area (Å²) in [4.78, 5) is 21.6. The van der Waals surface area contributed by atoms with E-state index >= 15 is 0 Å². The molecule has 10 heteroatoms. The zero-order valence-electron chi connectivity index (χ0n) is 17.0. The van der Waals surface area contributed by atoms with E-state index in [2.05, 4.69) is 25.5 Å². The molecule has 0 aliphatic heterocycles. The van der Waals surface area contributed by atoms with E-state index in [1.165, 1.54) is 12.1 Å². The number of carbonyl (C=O) groups is 1. The van der Waals surface area contributed by atoms with E-state index < -0.39 is 11.7 Å². The van der Waals surface area contributed by atoms with Crippen molar-refractivity contribution >= 4 is 22.9 Å². The molecule has 160 valence electrons. The Labute approximate surface area is 175 Å². The number of nitrogens with one attached hydrogen (secondary N) is 2. The molecule has 3 aromatic heterocycles. The van der Waals surface area contributed by atoms with Gasteiger partial charge in [-0.3, -0.25) is 9.89 Å². The first-order valence-electron chi connectivity index (χ1n) is 9.45. The summed E-state index contributed by atoms with van der Waals surface area (Å²) in [6, 6.07) is 6.87. The molecule has 4 aromatic rings. The molecule has 0 atom stereocenters. The van der Waals surface area contributed by atoms with Crippen LogP contribution in [0.4, 0.5) is 19.0 Å². The average Bonchev–Trinajstić information content (AvgIpc) is 3.25. The number of hydrogen-bond donors (Lipinski definition) is 2. The van der Waals surface area contributed by atoms with Gasteiger partial charge in [0, 0.05) is 12.2 Å². The third-order valence-corrected chi connectivity index (χ3v) is 5.01. The molecule has 4 rings (SSSR count). The maximum Gasteiger partial charge on any atom is 0.416 e. The number of alkyl halides is 3. The molecule has 7 nitrogen and oxygen atoms in total. The Morgan fingerprint density at radius 1 is 1.13 bits per heavy atom. The number of amides is 1. The minimum absolute atomic E-state index is 0.332. The fraction of sp³-hybridized carbons (Fsp3) is 0.238. The number of H-pyrrole nitrogens is 1. The number of fused-ring (bicyclic) bond motifs is 1. The minimum Gasteiger partial charge on any atom is -0.324 e. The molecule has 0 fully saturated rings. The molecule has 0 aliphatic carbocycles. The number of nitrogens with zero attached hydrogens (tertiary/aromatic N) is 4. The number of anilines is 1. The predicted molar refractivity (Wildman–Crippen MR) is 109 cm³/mol. The molecular formula is C21H19F3N6O. The SMILES string of the molecule is Cc1cn[nH]c1C(=O)Nc1nc2cc(C)n(Cc3ccc(C(F)(F)F)cc3)c2nc1C. The highest BCUT2D eigenvalue weighted by Crippen LogP contribution is 2.29. The summed E-state index contributed by atoms with van der Waals surface area (Å²) in [5.74, 6) is -0.0363. The zero-order valence-corrected chi connectivity index (χ0v) is 17.0. The molecule has 0 radical (unpaired) electrons. The summed E-state index contributed by atoms with van der Waals surface area (Å²) >= 11 is 0. The van der Waals surface area contributed by atoms with Crippen molar-refractivity contribution in [1.82, 2.24) is 24.7 Å². The topological polar surface area (TPSA) is 88.5 Å². The summed E-state index contributed by atoms with van der Waals surface area (Å²) in [5, 5.41) is 9.24. The third-order valence-electron chi connectivity index (χ3n) is 5.01. The molecule has 0 aliphatic rings. The number of halogens is 3. The van der Waals surface area contributed by atoms with Gasteiger partial charge in [0.1, 0.15) is 11.2 Å². The number of rotatable bonds is 4. The van der Waals surface area contributed by atoms with Gasteiger partial charge in [-0.2, -0.15) is 18.3 Å². The van der Waals surface area contributed by atoms with Gasteiger partial charge in [0.2, 0.25) is 0 Å². The summed E-state index contributed by atoms with van der Waals surface area (Å²) in [7, 11) is 0. The van der Waals surface area contributed by atoms with Crippen LogP contribution in [-0.2, 0) is 12.7 Å². The number of hydrogen-bond acceptors (Lipinski definition) is 4. The molecule has 1 amide bonds. The van der Waals surface area contributed by atoms with Gasteiger partial charge in [0.25, 0.3) is 5.91 Å². The van der Waals surface area contributed by atoms with Crippen molar-refractivity contribution in [3.63, 3.8) is 0 Å². The van der Waals surface area contributed by atoms with Crippen LogP contribution in [0.5, 0.6) is 0 Å². The van der Waals surface area contributed by atoms with Crippen molar-refractivity contribution in [2.24, 2.45) is 0 Å². The lowest BCUT2D eigenvalue weighted by atomic mass is 10.1. The van der Waals surface area contributed by atoms with Gasteiger partial charge in [-0.25, -0.2) is 9.97 Å². The van der Waals surface area contributed by atoms with Crippen molar-refractivity contribution in [3.05, 3.63) is 70.3 Å².